The number of ether oxygens (including phenoxy) is 1. The van der Waals surface area contributed by atoms with Gasteiger partial charge in [0, 0.05) is 24.3 Å². The number of hydrogen-bond donors (Lipinski definition) is 1. The van der Waals surface area contributed by atoms with Crippen LogP contribution in [0.2, 0.25) is 0 Å². The highest BCUT2D eigenvalue weighted by Crippen LogP contribution is 2.29. The van der Waals surface area contributed by atoms with Crippen molar-refractivity contribution in [2.45, 2.75) is 18.7 Å². The normalized spacial score (nSPS) is 13.4. The molecule has 0 saturated heterocycles. The smallest absolute Gasteiger partial charge is 0.336 e. The van der Waals surface area contributed by atoms with Gasteiger partial charge in [0.1, 0.15) is 5.58 Å². The lowest BCUT2D eigenvalue weighted by molar-refractivity contribution is 0.186. The number of hydrogen-bond acceptors (Lipinski definition) is 5. The fourth-order valence-electron chi connectivity index (χ4n) is 2.82. The number of thioether (sulfide) groups is 1. The van der Waals surface area contributed by atoms with Crippen LogP contribution in [0.4, 0.5) is 0 Å². The maximum absolute atomic E-state index is 11.9. The van der Waals surface area contributed by atoms with Gasteiger partial charge in [-0.05, 0) is 29.3 Å². The Kier molecular flexibility index (Phi) is 5.40. The maximum atomic E-state index is 11.9. The van der Waals surface area contributed by atoms with Crippen molar-refractivity contribution < 1.29 is 9.15 Å². The first-order valence-electron chi connectivity index (χ1n) is 7.98. The molecule has 1 heterocycles. The van der Waals surface area contributed by atoms with E-state index < -0.39 is 0 Å². The largest absolute Gasteiger partial charge is 0.423 e. The Morgan fingerprint density at radius 3 is 2.92 bits per heavy atom. The molecule has 1 atom stereocenters. The molecule has 0 aliphatic heterocycles. The van der Waals surface area contributed by atoms with Crippen LogP contribution >= 0.6 is 11.8 Å². The van der Waals surface area contributed by atoms with Gasteiger partial charge in [-0.3, -0.25) is 4.99 Å². The Morgan fingerprint density at radius 2 is 2.12 bits per heavy atom. The fourth-order valence-corrected chi connectivity index (χ4v) is 3.60. The van der Waals surface area contributed by atoms with Crippen molar-refractivity contribution in [1.29, 1.82) is 0 Å². The van der Waals surface area contributed by atoms with E-state index in [0.29, 0.717) is 23.1 Å². The summed E-state index contributed by atoms with van der Waals surface area (Å²) < 4.78 is 10.4. The first kappa shape index (κ1) is 17.5. The predicted octanol–water partition coefficient (Wildman–Crippen LogP) is 3.53. The zero-order valence-corrected chi connectivity index (χ0v) is 15.0. The van der Waals surface area contributed by atoms with Crippen LogP contribution in [0.15, 0.2) is 56.7 Å². The Balaban J connectivity index is 1.98. The lowest BCUT2D eigenvalue weighted by Gasteiger charge is -2.09. The third-order valence-electron chi connectivity index (χ3n) is 3.85. The van der Waals surface area contributed by atoms with Crippen molar-refractivity contribution in [3.63, 3.8) is 0 Å². The molecule has 0 aliphatic rings. The van der Waals surface area contributed by atoms with E-state index in [2.05, 4.69) is 4.99 Å². The van der Waals surface area contributed by atoms with Crippen molar-refractivity contribution in [3.8, 4) is 0 Å². The molecule has 0 bridgehead atoms. The van der Waals surface area contributed by atoms with Gasteiger partial charge in [-0.25, -0.2) is 4.79 Å². The van der Waals surface area contributed by atoms with Crippen LogP contribution in [0.3, 0.4) is 0 Å². The summed E-state index contributed by atoms with van der Waals surface area (Å²) in [5.74, 6) is 0.547. The van der Waals surface area contributed by atoms with E-state index in [4.69, 9.17) is 14.9 Å². The summed E-state index contributed by atoms with van der Waals surface area (Å²) in [6, 6.07) is 13.4. The quantitative estimate of drug-likeness (QED) is 0.327. The first-order chi connectivity index (χ1) is 12.1. The van der Waals surface area contributed by atoms with Gasteiger partial charge < -0.3 is 14.9 Å². The molecule has 0 radical (unpaired) electrons. The number of nitrogens with two attached hydrogens (primary N) is 1. The van der Waals surface area contributed by atoms with Gasteiger partial charge >= 0.3 is 5.63 Å². The molecule has 2 aromatic carbocycles. The fraction of sp³-hybridized carbons (Fsp3) is 0.263. The van der Waals surface area contributed by atoms with Crippen LogP contribution < -0.4 is 11.4 Å². The van der Waals surface area contributed by atoms with Crippen LogP contribution in [0, 0.1) is 0 Å². The molecule has 0 saturated carbocycles. The van der Waals surface area contributed by atoms with Gasteiger partial charge in [-0.2, -0.15) is 0 Å². The van der Waals surface area contributed by atoms with Crippen LogP contribution in [0.1, 0.15) is 12.5 Å². The van der Waals surface area contributed by atoms with Crippen molar-refractivity contribution >= 4 is 38.7 Å². The van der Waals surface area contributed by atoms with E-state index in [0.717, 1.165) is 21.7 Å². The number of rotatable bonds is 5. The van der Waals surface area contributed by atoms with Crippen molar-refractivity contribution in [2.24, 2.45) is 10.7 Å². The lowest BCUT2D eigenvalue weighted by Crippen LogP contribution is -2.15. The van der Waals surface area contributed by atoms with Gasteiger partial charge in [0.2, 0.25) is 0 Å². The van der Waals surface area contributed by atoms with E-state index in [1.165, 1.54) is 17.8 Å². The van der Waals surface area contributed by atoms with Gasteiger partial charge in [0.25, 0.3) is 0 Å². The van der Waals surface area contributed by atoms with Gasteiger partial charge in [-0.15, -0.1) is 0 Å². The van der Waals surface area contributed by atoms with Crippen LogP contribution in [-0.2, 0) is 10.5 Å². The minimum Gasteiger partial charge on any atom is -0.423 e. The van der Waals surface area contributed by atoms with Crippen molar-refractivity contribution in [2.75, 3.05) is 13.7 Å². The summed E-state index contributed by atoms with van der Waals surface area (Å²) >= 11 is 1.41. The Morgan fingerprint density at radius 1 is 1.32 bits per heavy atom. The highest BCUT2D eigenvalue weighted by atomic mass is 32.2. The third kappa shape index (κ3) is 4.03. The zero-order valence-electron chi connectivity index (χ0n) is 14.2. The Hall–Kier alpha value is -2.31. The molecule has 6 heteroatoms. The first-order valence-corrected chi connectivity index (χ1v) is 8.96. The summed E-state index contributed by atoms with van der Waals surface area (Å²) in [6.07, 6.45) is 0. The summed E-state index contributed by atoms with van der Waals surface area (Å²) in [6.45, 7) is 2.46. The summed E-state index contributed by atoms with van der Waals surface area (Å²) in [5, 5.41) is 3.59. The monoisotopic (exact) mass is 356 g/mol. The molecule has 0 spiro atoms. The molecule has 25 heavy (non-hydrogen) atoms. The number of fused-ring (bicyclic) bond motifs is 3. The lowest BCUT2D eigenvalue weighted by atomic mass is 10.0. The van der Waals surface area contributed by atoms with E-state index in [9.17, 15) is 4.79 Å². The average Bonchev–Trinajstić information content (AvgIpc) is 2.59. The molecule has 2 N–H and O–H groups in total. The highest BCUT2D eigenvalue weighted by Gasteiger charge is 2.11. The predicted molar refractivity (Wildman–Crippen MR) is 104 cm³/mol. The SMILES string of the molecule is COC[C@H](C)N=C(N)SCc1cc(=O)oc2ccc3ccccc3c12. The molecule has 3 rings (SSSR count). The Labute approximate surface area is 149 Å². The number of amidine groups is 1. The molecule has 0 aliphatic carbocycles. The van der Waals surface area contributed by atoms with E-state index >= 15 is 0 Å². The second-order valence-electron chi connectivity index (χ2n) is 5.81. The van der Waals surface area contributed by atoms with Gasteiger partial charge in [0.05, 0.1) is 12.6 Å². The molecule has 0 amide bonds. The summed E-state index contributed by atoms with van der Waals surface area (Å²) in [4.78, 5) is 16.3. The molecule has 130 valence electrons. The topological polar surface area (TPSA) is 77.8 Å². The maximum Gasteiger partial charge on any atom is 0.336 e. The van der Waals surface area contributed by atoms with Crippen LogP contribution in [0.25, 0.3) is 21.7 Å². The second kappa shape index (κ2) is 7.72. The second-order valence-corrected chi connectivity index (χ2v) is 6.81. The minimum absolute atomic E-state index is 0.00378. The number of methoxy groups -OCH3 is 1. The van der Waals surface area contributed by atoms with E-state index in [1.54, 1.807) is 7.11 Å². The number of nitrogens with zero attached hydrogens (tertiary/aromatic N) is 1. The number of aliphatic imine (C=N–C) groups is 1. The minimum atomic E-state index is -0.360. The molecular formula is C19H20N2O3S. The summed E-state index contributed by atoms with van der Waals surface area (Å²) in [7, 11) is 1.63. The Bertz CT molecular complexity index is 981. The molecular weight excluding hydrogens is 336 g/mol. The molecule has 1 aromatic heterocycles. The highest BCUT2D eigenvalue weighted by molar-refractivity contribution is 8.13. The van der Waals surface area contributed by atoms with Crippen molar-refractivity contribution in [1.82, 2.24) is 0 Å². The van der Waals surface area contributed by atoms with E-state index in [-0.39, 0.29) is 11.7 Å². The molecule has 0 unspecified atom stereocenters. The zero-order chi connectivity index (χ0) is 17.8. The third-order valence-corrected chi connectivity index (χ3v) is 4.70. The van der Waals surface area contributed by atoms with Crippen LogP contribution in [0.5, 0.6) is 0 Å². The van der Waals surface area contributed by atoms with E-state index in [1.807, 2.05) is 43.3 Å². The molecule has 3 aromatic rings. The summed E-state index contributed by atoms with van der Waals surface area (Å²) in [5.41, 5.74) is 7.13. The van der Waals surface area contributed by atoms with Crippen molar-refractivity contribution in [3.05, 3.63) is 58.4 Å². The molecule has 0 fully saturated rings. The van der Waals surface area contributed by atoms with Crippen LogP contribution in [-0.4, -0.2) is 24.9 Å². The standard InChI is InChI=1S/C19H20N2O3S/c1-12(10-23-2)21-19(20)25-11-14-9-17(22)24-16-8-7-13-5-3-4-6-15(13)18(14)16/h3-9,12H,10-11H2,1-2H3,(H2,20,21)/t12-/m0/s1. The van der Waals surface area contributed by atoms with Gasteiger partial charge in [0.15, 0.2) is 5.17 Å². The number of benzene rings is 2. The molecule has 5 nitrogen and oxygen atoms in total. The van der Waals surface area contributed by atoms with Gasteiger partial charge in [-0.1, -0.05) is 42.1 Å². The average molecular weight is 356 g/mol.